The van der Waals surface area contributed by atoms with Gasteiger partial charge in [0.15, 0.2) is 0 Å². The van der Waals surface area contributed by atoms with Crippen molar-refractivity contribution >= 4 is 11.7 Å². The second kappa shape index (κ2) is 5.95. The van der Waals surface area contributed by atoms with Crippen LogP contribution >= 0.6 is 0 Å². The lowest BCUT2D eigenvalue weighted by molar-refractivity contribution is -0.137. The van der Waals surface area contributed by atoms with Crippen LogP contribution in [0.1, 0.15) is 16.7 Å². The van der Waals surface area contributed by atoms with E-state index in [4.69, 9.17) is 0 Å². The molecule has 1 aromatic carbocycles. The summed E-state index contributed by atoms with van der Waals surface area (Å²) in [7, 11) is 0. The third-order valence-electron chi connectivity index (χ3n) is 2.89. The van der Waals surface area contributed by atoms with E-state index in [1.807, 2.05) is 0 Å². The average molecular weight is 294 g/mol. The summed E-state index contributed by atoms with van der Waals surface area (Å²) in [5.41, 5.74) is 0.326. The maximum absolute atomic E-state index is 12.6. The summed E-state index contributed by atoms with van der Waals surface area (Å²) in [5.74, 6) is 0.00519. The van der Waals surface area contributed by atoms with Crippen molar-refractivity contribution in [2.45, 2.75) is 19.5 Å². The predicted molar refractivity (Wildman–Crippen MR) is 72.8 cm³/mol. The number of rotatable bonds is 3. The SMILES string of the molecule is Cc1cccnc1NC(=O)Cc1cccc(C(F)(F)F)c1. The van der Waals surface area contributed by atoms with Crippen molar-refractivity contribution < 1.29 is 18.0 Å². The van der Waals surface area contributed by atoms with Gasteiger partial charge >= 0.3 is 6.18 Å². The molecular formula is C15H13F3N2O. The average Bonchev–Trinajstić information content (AvgIpc) is 2.41. The molecule has 0 spiro atoms. The first-order chi connectivity index (χ1) is 9.86. The van der Waals surface area contributed by atoms with Crippen molar-refractivity contribution in [2.75, 3.05) is 5.32 Å². The minimum atomic E-state index is -4.41. The van der Waals surface area contributed by atoms with E-state index >= 15 is 0 Å². The molecule has 21 heavy (non-hydrogen) atoms. The molecule has 0 atom stereocenters. The second-order valence-corrected chi connectivity index (χ2v) is 4.59. The highest BCUT2D eigenvalue weighted by molar-refractivity contribution is 5.91. The summed E-state index contributed by atoms with van der Waals surface area (Å²) in [4.78, 5) is 15.9. The zero-order valence-corrected chi connectivity index (χ0v) is 11.2. The summed E-state index contributed by atoms with van der Waals surface area (Å²) < 4.78 is 37.8. The number of alkyl halides is 3. The van der Waals surface area contributed by atoms with Gasteiger partial charge in [0.25, 0.3) is 0 Å². The number of amides is 1. The van der Waals surface area contributed by atoms with Gasteiger partial charge in [-0.05, 0) is 30.2 Å². The zero-order chi connectivity index (χ0) is 15.5. The predicted octanol–water partition coefficient (Wildman–Crippen LogP) is 3.59. The Morgan fingerprint density at radius 1 is 1.24 bits per heavy atom. The fraction of sp³-hybridized carbons (Fsp3) is 0.200. The molecule has 0 saturated carbocycles. The van der Waals surface area contributed by atoms with Crippen molar-refractivity contribution in [2.24, 2.45) is 0 Å². The molecule has 3 nitrogen and oxygen atoms in total. The second-order valence-electron chi connectivity index (χ2n) is 4.59. The van der Waals surface area contributed by atoms with E-state index in [-0.39, 0.29) is 6.42 Å². The highest BCUT2D eigenvalue weighted by atomic mass is 19.4. The number of anilines is 1. The van der Waals surface area contributed by atoms with Crippen LogP contribution in [0, 0.1) is 6.92 Å². The number of hydrogen-bond donors (Lipinski definition) is 1. The molecule has 0 aliphatic rings. The van der Waals surface area contributed by atoms with E-state index < -0.39 is 17.6 Å². The minimum Gasteiger partial charge on any atom is -0.310 e. The van der Waals surface area contributed by atoms with E-state index in [2.05, 4.69) is 10.3 Å². The summed E-state index contributed by atoms with van der Waals surface area (Å²) in [6.45, 7) is 1.78. The van der Waals surface area contributed by atoms with Gasteiger partial charge in [-0.15, -0.1) is 0 Å². The van der Waals surface area contributed by atoms with Crippen molar-refractivity contribution in [3.63, 3.8) is 0 Å². The van der Waals surface area contributed by atoms with Crippen LogP contribution in [0.15, 0.2) is 42.6 Å². The number of aromatic nitrogens is 1. The number of halogens is 3. The Balaban J connectivity index is 2.08. The Morgan fingerprint density at radius 2 is 2.00 bits per heavy atom. The Kier molecular flexibility index (Phi) is 4.26. The number of hydrogen-bond acceptors (Lipinski definition) is 2. The molecule has 110 valence electrons. The van der Waals surface area contributed by atoms with Crippen LogP contribution in [0.2, 0.25) is 0 Å². The molecule has 6 heteroatoms. The molecule has 2 aromatic rings. The van der Waals surface area contributed by atoms with Crippen LogP contribution in [0.3, 0.4) is 0 Å². The molecule has 1 aromatic heterocycles. The van der Waals surface area contributed by atoms with E-state index in [0.717, 1.165) is 17.7 Å². The number of carbonyl (C=O) groups is 1. The molecule has 2 rings (SSSR count). The van der Waals surface area contributed by atoms with Gasteiger partial charge in [0.1, 0.15) is 5.82 Å². The lowest BCUT2D eigenvalue weighted by atomic mass is 10.1. The fourth-order valence-electron chi connectivity index (χ4n) is 1.84. The first-order valence-corrected chi connectivity index (χ1v) is 6.24. The molecular weight excluding hydrogens is 281 g/mol. The fourth-order valence-corrected chi connectivity index (χ4v) is 1.84. The molecule has 0 aliphatic carbocycles. The highest BCUT2D eigenvalue weighted by Gasteiger charge is 2.30. The monoisotopic (exact) mass is 294 g/mol. The number of pyridine rings is 1. The highest BCUT2D eigenvalue weighted by Crippen LogP contribution is 2.29. The lowest BCUT2D eigenvalue weighted by Crippen LogP contribution is -2.16. The first-order valence-electron chi connectivity index (χ1n) is 6.24. The normalized spacial score (nSPS) is 11.2. The van der Waals surface area contributed by atoms with Crippen molar-refractivity contribution in [3.8, 4) is 0 Å². The van der Waals surface area contributed by atoms with Gasteiger partial charge in [0, 0.05) is 6.20 Å². The van der Waals surface area contributed by atoms with Gasteiger partial charge < -0.3 is 5.32 Å². The van der Waals surface area contributed by atoms with E-state index in [0.29, 0.717) is 11.4 Å². The Morgan fingerprint density at radius 3 is 2.67 bits per heavy atom. The van der Waals surface area contributed by atoms with E-state index in [1.165, 1.54) is 18.3 Å². The number of carbonyl (C=O) groups excluding carboxylic acids is 1. The van der Waals surface area contributed by atoms with Gasteiger partial charge in [0.05, 0.1) is 12.0 Å². The number of benzene rings is 1. The van der Waals surface area contributed by atoms with Crippen LogP contribution in [-0.4, -0.2) is 10.9 Å². The van der Waals surface area contributed by atoms with E-state index in [9.17, 15) is 18.0 Å². The van der Waals surface area contributed by atoms with Gasteiger partial charge in [0.2, 0.25) is 5.91 Å². The molecule has 1 heterocycles. The maximum atomic E-state index is 12.6. The molecule has 0 fully saturated rings. The number of nitrogens with one attached hydrogen (secondary N) is 1. The quantitative estimate of drug-likeness (QED) is 0.940. The maximum Gasteiger partial charge on any atom is 0.416 e. The third kappa shape index (κ3) is 4.05. The number of nitrogens with zero attached hydrogens (tertiary/aromatic N) is 1. The van der Waals surface area contributed by atoms with Crippen LogP contribution in [-0.2, 0) is 17.4 Å². The topological polar surface area (TPSA) is 42.0 Å². The van der Waals surface area contributed by atoms with Gasteiger partial charge in [-0.25, -0.2) is 4.98 Å². The van der Waals surface area contributed by atoms with Crippen LogP contribution in [0.5, 0.6) is 0 Å². The van der Waals surface area contributed by atoms with Crippen molar-refractivity contribution in [1.82, 2.24) is 4.98 Å². The largest absolute Gasteiger partial charge is 0.416 e. The summed E-state index contributed by atoms with van der Waals surface area (Å²) in [5, 5.41) is 2.59. The zero-order valence-electron chi connectivity index (χ0n) is 11.2. The van der Waals surface area contributed by atoms with Crippen molar-refractivity contribution in [1.29, 1.82) is 0 Å². The van der Waals surface area contributed by atoms with E-state index in [1.54, 1.807) is 19.1 Å². The minimum absolute atomic E-state index is 0.139. The van der Waals surface area contributed by atoms with Gasteiger partial charge in [-0.3, -0.25) is 4.79 Å². The molecule has 0 bridgehead atoms. The Hall–Kier alpha value is -2.37. The Bertz CT molecular complexity index is 653. The Labute approximate surface area is 119 Å². The van der Waals surface area contributed by atoms with Gasteiger partial charge in [-0.2, -0.15) is 13.2 Å². The summed E-state index contributed by atoms with van der Waals surface area (Å²) in [6.07, 6.45) is -3.02. The molecule has 0 unspecified atom stereocenters. The molecule has 0 saturated heterocycles. The van der Waals surface area contributed by atoms with Crippen LogP contribution in [0.4, 0.5) is 19.0 Å². The number of aryl methyl sites for hydroxylation is 1. The molecule has 0 aliphatic heterocycles. The molecule has 1 N–H and O–H groups in total. The van der Waals surface area contributed by atoms with Gasteiger partial charge in [-0.1, -0.05) is 24.3 Å². The summed E-state index contributed by atoms with van der Waals surface area (Å²) in [6, 6.07) is 8.25. The first kappa shape index (κ1) is 15.0. The third-order valence-corrected chi connectivity index (χ3v) is 2.89. The smallest absolute Gasteiger partial charge is 0.310 e. The molecule has 1 amide bonds. The van der Waals surface area contributed by atoms with Crippen molar-refractivity contribution in [3.05, 3.63) is 59.3 Å². The molecule has 0 radical (unpaired) electrons. The van der Waals surface area contributed by atoms with Crippen LogP contribution < -0.4 is 5.32 Å². The summed E-state index contributed by atoms with van der Waals surface area (Å²) >= 11 is 0. The lowest BCUT2D eigenvalue weighted by Gasteiger charge is -2.09. The standard InChI is InChI=1S/C15H13F3N2O/c1-10-4-3-7-19-14(10)20-13(21)9-11-5-2-6-12(8-11)15(16,17)18/h2-8H,9H2,1H3,(H,19,20,21). The van der Waals surface area contributed by atoms with Crippen LogP contribution in [0.25, 0.3) is 0 Å².